The van der Waals surface area contributed by atoms with Crippen molar-refractivity contribution in [2.45, 2.75) is 37.4 Å². The number of ether oxygens (including phenoxy) is 1. The number of hydrogen-bond acceptors (Lipinski definition) is 9. The number of aromatic nitrogens is 1. The van der Waals surface area contributed by atoms with Crippen LogP contribution in [0.25, 0.3) is 0 Å². The lowest BCUT2D eigenvalue weighted by Gasteiger charge is -2.44. The second-order valence-electron chi connectivity index (χ2n) is 8.82. The van der Waals surface area contributed by atoms with Crippen molar-refractivity contribution < 1.29 is 23.2 Å². The highest BCUT2D eigenvalue weighted by atomic mass is 35.5. The number of benzene rings is 1. The summed E-state index contributed by atoms with van der Waals surface area (Å²) in [4.78, 5) is 21.2. The van der Waals surface area contributed by atoms with Crippen LogP contribution in [0.4, 0.5) is 10.8 Å². The van der Waals surface area contributed by atoms with Gasteiger partial charge in [-0.1, -0.05) is 13.3 Å². The van der Waals surface area contributed by atoms with Gasteiger partial charge in [-0.05, 0) is 43.5 Å². The van der Waals surface area contributed by atoms with E-state index in [0.717, 1.165) is 29.4 Å². The van der Waals surface area contributed by atoms with Gasteiger partial charge in [0.15, 0.2) is 9.88 Å². The number of sulfonamides is 1. The molecule has 37 heavy (non-hydrogen) atoms. The smallest absolute Gasteiger partial charge is 0.266 e. The first-order chi connectivity index (χ1) is 16.9. The number of hydroxylamine groups is 1. The van der Waals surface area contributed by atoms with Crippen molar-refractivity contribution in [2.75, 3.05) is 55.7 Å². The van der Waals surface area contributed by atoms with Gasteiger partial charge >= 0.3 is 0 Å². The van der Waals surface area contributed by atoms with Crippen molar-refractivity contribution >= 4 is 62.9 Å². The molecule has 0 atom stereocenters. The molecule has 4 rings (SSSR count). The lowest BCUT2D eigenvalue weighted by Crippen LogP contribution is -2.63. The van der Waals surface area contributed by atoms with Crippen LogP contribution in [0.2, 0.25) is 0 Å². The standard InChI is InChI=1S/C23H33N5O5S2.2ClH/c1-2-3-17-33-20-6-4-19(5-7-20)26-13-15-28(16-14-26)35(31,32)23(21(29)25-30)8-11-27(12-9-23)22-24-10-18-34-22;;/h4-7,10,18,30H,2-3,8-9,11-17H2,1H3,(H,25,29);2*1H. The van der Waals surface area contributed by atoms with Crippen molar-refractivity contribution in [1.82, 2.24) is 14.8 Å². The van der Waals surface area contributed by atoms with Gasteiger partial charge in [0.25, 0.3) is 5.91 Å². The Labute approximate surface area is 234 Å². The van der Waals surface area contributed by atoms with Crippen LogP contribution in [0.15, 0.2) is 35.8 Å². The molecule has 208 valence electrons. The number of carbonyl (C=O) groups is 1. The number of halogens is 2. The number of unbranched alkanes of at least 4 members (excludes halogenated alkanes) is 1. The minimum absolute atomic E-state index is 0. The summed E-state index contributed by atoms with van der Waals surface area (Å²) < 4.78 is 32.9. The summed E-state index contributed by atoms with van der Waals surface area (Å²) in [6, 6.07) is 7.84. The van der Waals surface area contributed by atoms with Gasteiger partial charge in [-0.2, -0.15) is 4.31 Å². The van der Waals surface area contributed by atoms with E-state index in [1.165, 1.54) is 15.6 Å². The number of amides is 1. The molecule has 14 heteroatoms. The average Bonchev–Trinajstić information content (AvgIpc) is 3.44. The van der Waals surface area contributed by atoms with Gasteiger partial charge in [-0.25, -0.2) is 18.9 Å². The zero-order valence-electron chi connectivity index (χ0n) is 20.7. The highest BCUT2D eigenvalue weighted by Crippen LogP contribution is 2.36. The van der Waals surface area contributed by atoms with Gasteiger partial charge in [0, 0.05) is 56.5 Å². The molecule has 0 aliphatic carbocycles. The van der Waals surface area contributed by atoms with E-state index in [-0.39, 0.29) is 50.7 Å². The topological polar surface area (TPSA) is 115 Å². The van der Waals surface area contributed by atoms with Gasteiger partial charge < -0.3 is 14.5 Å². The van der Waals surface area contributed by atoms with Gasteiger partial charge in [0.05, 0.1) is 6.61 Å². The summed E-state index contributed by atoms with van der Waals surface area (Å²) >= 11 is 1.47. The largest absolute Gasteiger partial charge is 0.494 e. The van der Waals surface area contributed by atoms with Crippen LogP contribution in [0.3, 0.4) is 0 Å². The summed E-state index contributed by atoms with van der Waals surface area (Å²) in [6.07, 6.45) is 3.96. The molecule has 1 aromatic carbocycles. The maximum atomic E-state index is 13.8. The van der Waals surface area contributed by atoms with Crippen LogP contribution in [0.1, 0.15) is 32.6 Å². The predicted molar refractivity (Wildman–Crippen MR) is 150 cm³/mol. The molecule has 2 saturated heterocycles. The molecule has 0 spiro atoms. The molecular formula is C23H35Cl2N5O5S2. The number of nitrogens with zero attached hydrogens (tertiary/aromatic N) is 4. The van der Waals surface area contributed by atoms with Crippen LogP contribution < -0.4 is 20.0 Å². The number of piperazine rings is 1. The van der Waals surface area contributed by atoms with E-state index >= 15 is 0 Å². The van der Waals surface area contributed by atoms with E-state index in [0.29, 0.717) is 32.8 Å². The first kappa shape index (κ1) is 31.4. The third-order valence-corrected chi connectivity index (χ3v) is 10.3. The Morgan fingerprint density at radius 3 is 2.27 bits per heavy atom. The molecule has 2 N–H and O–H groups in total. The average molecular weight is 597 g/mol. The van der Waals surface area contributed by atoms with Crippen molar-refractivity contribution in [1.29, 1.82) is 0 Å². The highest BCUT2D eigenvalue weighted by Gasteiger charge is 2.55. The van der Waals surface area contributed by atoms with Crippen molar-refractivity contribution in [3.05, 3.63) is 35.8 Å². The molecule has 1 amide bonds. The van der Waals surface area contributed by atoms with Gasteiger partial charge in [0.2, 0.25) is 10.0 Å². The molecular weight excluding hydrogens is 561 g/mol. The van der Waals surface area contributed by atoms with Crippen LogP contribution in [0.5, 0.6) is 5.75 Å². The molecule has 0 saturated carbocycles. The molecule has 0 unspecified atom stereocenters. The van der Waals surface area contributed by atoms with Crippen molar-refractivity contribution in [3.63, 3.8) is 0 Å². The number of rotatable bonds is 9. The number of carbonyl (C=O) groups excluding carboxylic acids is 1. The minimum atomic E-state index is -4.00. The van der Waals surface area contributed by atoms with Gasteiger partial charge in [0.1, 0.15) is 5.75 Å². The normalized spacial score (nSPS) is 17.9. The molecule has 2 fully saturated rings. The third kappa shape index (κ3) is 6.61. The SMILES string of the molecule is CCCCOc1ccc(N2CCN(S(=O)(=O)C3(C(=O)NO)CCN(c4nccs4)CC3)CC2)cc1.Cl.Cl. The molecule has 3 heterocycles. The Hall–Kier alpha value is -1.83. The van der Waals surface area contributed by atoms with E-state index in [1.807, 2.05) is 34.5 Å². The van der Waals surface area contributed by atoms with Gasteiger partial charge in [-0.15, -0.1) is 36.2 Å². The number of nitrogens with one attached hydrogen (secondary N) is 1. The number of anilines is 2. The monoisotopic (exact) mass is 595 g/mol. The Balaban J connectivity index is 0.00000241. The molecule has 2 aromatic rings. The number of thiazole rings is 1. The lowest BCUT2D eigenvalue weighted by atomic mass is 9.95. The van der Waals surface area contributed by atoms with E-state index in [9.17, 15) is 18.4 Å². The summed E-state index contributed by atoms with van der Waals surface area (Å²) in [7, 11) is -4.00. The van der Waals surface area contributed by atoms with E-state index in [4.69, 9.17) is 4.74 Å². The Morgan fingerprint density at radius 2 is 1.73 bits per heavy atom. The summed E-state index contributed by atoms with van der Waals surface area (Å²) in [6.45, 7) is 5.11. The quantitative estimate of drug-likeness (QED) is 0.258. The Bertz CT molecular complexity index is 1070. The van der Waals surface area contributed by atoms with Crippen molar-refractivity contribution in [2.24, 2.45) is 0 Å². The Kier molecular flexibility index (Phi) is 11.7. The molecule has 0 bridgehead atoms. The van der Waals surface area contributed by atoms with Gasteiger partial charge in [-0.3, -0.25) is 10.0 Å². The van der Waals surface area contributed by atoms with Crippen molar-refractivity contribution in [3.8, 4) is 5.75 Å². The van der Waals surface area contributed by atoms with E-state index < -0.39 is 20.7 Å². The third-order valence-electron chi connectivity index (χ3n) is 6.82. The lowest BCUT2D eigenvalue weighted by molar-refractivity contribution is -0.132. The summed E-state index contributed by atoms with van der Waals surface area (Å²) in [5.74, 6) is -0.0400. The molecule has 0 radical (unpaired) electrons. The number of piperidine rings is 1. The fourth-order valence-corrected chi connectivity index (χ4v) is 7.47. The van der Waals surface area contributed by atoms with Crippen LogP contribution >= 0.6 is 36.2 Å². The summed E-state index contributed by atoms with van der Waals surface area (Å²) in [5.41, 5.74) is 2.63. The maximum Gasteiger partial charge on any atom is 0.266 e. The van der Waals surface area contributed by atoms with Crippen LogP contribution in [0, 0.1) is 0 Å². The summed E-state index contributed by atoms with van der Waals surface area (Å²) in [5, 5.41) is 12.1. The highest BCUT2D eigenvalue weighted by molar-refractivity contribution is 7.91. The zero-order chi connectivity index (χ0) is 24.9. The predicted octanol–water partition coefficient (Wildman–Crippen LogP) is 3.16. The first-order valence-electron chi connectivity index (χ1n) is 12.0. The van der Waals surface area contributed by atoms with E-state index in [1.54, 1.807) is 11.7 Å². The zero-order valence-corrected chi connectivity index (χ0v) is 24.0. The maximum absolute atomic E-state index is 13.8. The Morgan fingerprint density at radius 1 is 1.08 bits per heavy atom. The van der Waals surface area contributed by atoms with E-state index in [2.05, 4.69) is 16.8 Å². The van der Waals surface area contributed by atoms with Crippen LogP contribution in [-0.4, -0.2) is 79.4 Å². The molecule has 1 aromatic heterocycles. The second-order valence-corrected chi connectivity index (χ2v) is 11.9. The van der Waals surface area contributed by atoms with Crippen LogP contribution in [-0.2, 0) is 14.8 Å². The molecule has 2 aliphatic rings. The minimum Gasteiger partial charge on any atom is -0.494 e. The molecule has 2 aliphatic heterocycles. The fourth-order valence-electron chi connectivity index (χ4n) is 4.66. The second kappa shape index (κ2) is 13.8. The molecule has 10 nitrogen and oxygen atoms in total. The fraction of sp³-hybridized carbons (Fsp3) is 0.565. The number of hydrogen-bond donors (Lipinski definition) is 2. The first-order valence-corrected chi connectivity index (χ1v) is 14.3.